The Morgan fingerprint density at radius 1 is 1.00 bits per heavy atom. The summed E-state index contributed by atoms with van der Waals surface area (Å²) in [7, 11) is 1.65. The number of rotatable bonds is 16. The Hall–Kier alpha value is -3.82. The topological polar surface area (TPSA) is 136 Å². The number of nitrogens with zero attached hydrogens (tertiary/aromatic N) is 8. The highest BCUT2D eigenvalue weighted by Gasteiger charge is 2.29. The summed E-state index contributed by atoms with van der Waals surface area (Å²) >= 11 is 6.47. The highest BCUT2D eigenvalue weighted by atomic mass is 35.5. The Morgan fingerprint density at radius 2 is 1.77 bits per heavy atom. The zero-order valence-electron chi connectivity index (χ0n) is 27.5. The maximum atomic E-state index is 6.47. The lowest BCUT2D eigenvalue weighted by Gasteiger charge is -2.38. The van der Waals surface area contributed by atoms with Crippen molar-refractivity contribution in [3.8, 4) is 22.8 Å². The van der Waals surface area contributed by atoms with Crippen molar-refractivity contribution in [1.29, 1.82) is 0 Å². The summed E-state index contributed by atoms with van der Waals surface area (Å²) in [5.41, 5.74) is 2.41. The van der Waals surface area contributed by atoms with Gasteiger partial charge in [-0.15, -0.1) is 5.10 Å². The van der Waals surface area contributed by atoms with Crippen molar-refractivity contribution in [3.05, 3.63) is 54.5 Å². The van der Waals surface area contributed by atoms with Crippen LogP contribution < -0.4 is 14.8 Å². The van der Waals surface area contributed by atoms with Crippen LogP contribution in [0.15, 0.2) is 49.4 Å². The summed E-state index contributed by atoms with van der Waals surface area (Å²) in [6.45, 7) is 8.03. The van der Waals surface area contributed by atoms with Gasteiger partial charge in [-0.3, -0.25) is 9.58 Å². The number of benzene rings is 1. The van der Waals surface area contributed by atoms with Gasteiger partial charge < -0.3 is 29.0 Å². The van der Waals surface area contributed by atoms with E-state index in [4.69, 9.17) is 40.4 Å². The van der Waals surface area contributed by atoms with Crippen molar-refractivity contribution in [2.24, 2.45) is 0 Å². The van der Waals surface area contributed by atoms with Crippen molar-refractivity contribution in [2.45, 2.75) is 57.3 Å². The summed E-state index contributed by atoms with van der Waals surface area (Å²) in [4.78, 5) is 15.8. The number of hydrogen-bond donors (Lipinski definition) is 1. The molecular formula is C33H44ClN9O5. The Balaban J connectivity index is 1.11. The number of anilines is 2. The largest absolute Gasteiger partial charge is 0.487 e. The summed E-state index contributed by atoms with van der Waals surface area (Å²) in [6, 6.07) is 6.52. The maximum absolute atomic E-state index is 6.47. The van der Waals surface area contributed by atoms with E-state index in [0.29, 0.717) is 73.3 Å². The van der Waals surface area contributed by atoms with Gasteiger partial charge in [0.2, 0.25) is 5.95 Å². The van der Waals surface area contributed by atoms with E-state index in [9.17, 15) is 0 Å². The van der Waals surface area contributed by atoms with Crippen molar-refractivity contribution < 1.29 is 23.7 Å². The average molecular weight is 682 g/mol. The number of aromatic nitrogens is 7. The van der Waals surface area contributed by atoms with Crippen LogP contribution in [0.1, 0.15) is 38.6 Å². The van der Waals surface area contributed by atoms with Crippen LogP contribution >= 0.6 is 11.6 Å². The first-order valence-corrected chi connectivity index (χ1v) is 16.9. The monoisotopic (exact) mass is 681 g/mol. The summed E-state index contributed by atoms with van der Waals surface area (Å²) in [5, 5.41) is 12.8. The molecule has 4 heterocycles. The van der Waals surface area contributed by atoms with E-state index < -0.39 is 0 Å². The van der Waals surface area contributed by atoms with Crippen molar-refractivity contribution in [1.82, 2.24) is 39.4 Å². The van der Waals surface area contributed by atoms with Gasteiger partial charge in [-0.25, -0.2) is 19.6 Å². The third kappa shape index (κ3) is 9.20. The lowest BCUT2D eigenvalue weighted by atomic mass is 9.90. The number of morpholine rings is 1. The Labute approximate surface area is 285 Å². The van der Waals surface area contributed by atoms with Gasteiger partial charge in [-0.2, -0.15) is 5.10 Å². The van der Waals surface area contributed by atoms with E-state index in [1.807, 2.05) is 36.0 Å². The maximum Gasteiger partial charge on any atom is 0.257 e. The lowest BCUT2D eigenvalue weighted by Crippen LogP contribution is -2.45. The molecule has 3 aromatic heterocycles. The molecule has 4 aromatic rings. The zero-order chi connectivity index (χ0) is 33.1. The second kappa shape index (κ2) is 17.0. The van der Waals surface area contributed by atoms with Crippen LogP contribution in [0.5, 0.6) is 11.6 Å². The summed E-state index contributed by atoms with van der Waals surface area (Å²) < 4.78 is 32.2. The SMILES string of the molecule is COCCOCCOc1nn(C2CCC(N3CCOCC3)CC2)cc1Nc1ncc(-c2ccc(Cl)c(OC(C)Cn3cncn3)c2)cn1. The molecular weight excluding hydrogens is 638 g/mol. The quantitative estimate of drug-likeness (QED) is 0.165. The molecule has 1 aliphatic heterocycles. The van der Waals surface area contributed by atoms with Crippen LogP contribution in [0.25, 0.3) is 11.1 Å². The Morgan fingerprint density at radius 3 is 2.52 bits per heavy atom. The third-order valence-corrected chi connectivity index (χ3v) is 8.91. The summed E-state index contributed by atoms with van der Waals surface area (Å²) in [6.07, 6.45) is 12.9. The smallest absolute Gasteiger partial charge is 0.257 e. The van der Waals surface area contributed by atoms with Crippen LogP contribution in [0.3, 0.4) is 0 Å². The van der Waals surface area contributed by atoms with E-state index in [1.54, 1.807) is 30.5 Å². The van der Waals surface area contributed by atoms with Crippen LogP contribution in [0, 0.1) is 0 Å². The highest BCUT2D eigenvalue weighted by Crippen LogP contribution is 2.35. The van der Waals surface area contributed by atoms with Gasteiger partial charge in [-0.1, -0.05) is 17.7 Å². The fourth-order valence-electron chi connectivity index (χ4n) is 6.11. The van der Waals surface area contributed by atoms with Gasteiger partial charge in [0.1, 0.15) is 36.8 Å². The predicted molar refractivity (Wildman–Crippen MR) is 180 cm³/mol. The highest BCUT2D eigenvalue weighted by molar-refractivity contribution is 6.32. The third-order valence-electron chi connectivity index (χ3n) is 8.60. The van der Waals surface area contributed by atoms with E-state index >= 15 is 0 Å². The molecule has 1 unspecified atom stereocenters. The van der Waals surface area contributed by atoms with Gasteiger partial charge in [0, 0.05) is 44.2 Å². The van der Waals surface area contributed by atoms with E-state index in [-0.39, 0.29) is 6.10 Å². The molecule has 1 atom stereocenters. The number of hydrogen-bond acceptors (Lipinski definition) is 12. The molecule has 1 aromatic carbocycles. The first-order chi connectivity index (χ1) is 23.6. The van der Waals surface area contributed by atoms with Crippen LogP contribution in [0.4, 0.5) is 11.6 Å². The molecule has 0 amide bonds. The molecule has 1 saturated heterocycles. The fourth-order valence-corrected chi connectivity index (χ4v) is 6.27. The first-order valence-electron chi connectivity index (χ1n) is 16.5. The molecule has 0 radical (unpaired) electrons. The zero-order valence-corrected chi connectivity index (χ0v) is 28.3. The number of ether oxygens (including phenoxy) is 5. The normalized spacial score (nSPS) is 19.2. The molecule has 2 fully saturated rings. The first kappa shape index (κ1) is 34.1. The van der Waals surface area contributed by atoms with Gasteiger partial charge in [-0.05, 0) is 50.3 Å². The van der Waals surface area contributed by atoms with Crippen molar-refractivity contribution >= 4 is 23.2 Å². The number of methoxy groups -OCH3 is 1. The van der Waals surface area contributed by atoms with Gasteiger partial charge >= 0.3 is 0 Å². The molecule has 1 N–H and O–H groups in total. The fraction of sp³-hybridized carbons (Fsp3) is 0.545. The molecule has 6 rings (SSSR count). The molecule has 1 aliphatic carbocycles. The van der Waals surface area contributed by atoms with Crippen LogP contribution in [-0.2, 0) is 20.8 Å². The predicted octanol–water partition coefficient (Wildman–Crippen LogP) is 4.65. The summed E-state index contributed by atoms with van der Waals surface area (Å²) in [5.74, 6) is 1.50. The minimum Gasteiger partial charge on any atom is -0.487 e. The second-order valence-corrected chi connectivity index (χ2v) is 12.4. The van der Waals surface area contributed by atoms with Gasteiger partial charge in [0.15, 0.2) is 0 Å². The molecule has 0 bridgehead atoms. The average Bonchev–Trinajstić information content (AvgIpc) is 3.78. The Bertz CT molecular complexity index is 1540. The molecule has 0 spiro atoms. The lowest BCUT2D eigenvalue weighted by molar-refractivity contribution is 0.00501. The molecule has 48 heavy (non-hydrogen) atoms. The molecule has 14 nitrogen and oxygen atoms in total. The molecule has 258 valence electrons. The number of nitrogens with one attached hydrogen (secondary N) is 1. The van der Waals surface area contributed by atoms with Gasteiger partial charge in [0.05, 0.1) is 56.8 Å². The van der Waals surface area contributed by atoms with E-state index in [0.717, 1.165) is 63.1 Å². The van der Waals surface area contributed by atoms with Crippen molar-refractivity contribution in [3.63, 3.8) is 0 Å². The molecule has 1 saturated carbocycles. The van der Waals surface area contributed by atoms with Crippen LogP contribution in [0.2, 0.25) is 5.02 Å². The van der Waals surface area contributed by atoms with Gasteiger partial charge in [0.25, 0.3) is 5.88 Å². The minimum absolute atomic E-state index is 0.170. The van der Waals surface area contributed by atoms with Crippen molar-refractivity contribution in [2.75, 3.05) is 65.2 Å². The standard InChI is InChI=1S/C33H44ClN9O5/c1-24(20-42-23-35-22-38-42)48-31-17-25(3-8-29(31)34)26-18-36-33(37-19-26)39-30-21-43(40-32(30)47-16-15-46-14-13-44-2)28-6-4-27(5-7-28)41-9-11-45-12-10-41/h3,8,17-19,21-24,27-28H,4-7,9-16,20H2,1-2H3,(H,36,37,39). The second-order valence-electron chi connectivity index (χ2n) is 12.0. The van der Waals surface area contributed by atoms with E-state index in [2.05, 4.69) is 30.3 Å². The molecule has 2 aliphatic rings. The molecule has 15 heteroatoms. The minimum atomic E-state index is -0.170. The van der Waals surface area contributed by atoms with E-state index in [1.165, 1.54) is 6.33 Å². The number of halogens is 1. The Kier molecular flexibility index (Phi) is 12.1. The van der Waals surface area contributed by atoms with Crippen LogP contribution in [-0.4, -0.2) is 111 Å².